The molecule has 0 unspecified atom stereocenters. The molecule has 3 rings (SSSR count). The molecule has 0 saturated heterocycles. The van der Waals surface area contributed by atoms with Crippen molar-refractivity contribution in [1.29, 1.82) is 0 Å². The molecule has 0 bridgehead atoms. The second-order valence-electron chi connectivity index (χ2n) is 6.72. The fourth-order valence-electron chi connectivity index (χ4n) is 2.93. The molecule has 1 heterocycles. The van der Waals surface area contributed by atoms with E-state index in [-0.39, 0.29) is 6.54 Å². The Morgan fingerprint density at radius 1 is 1.03 bits per heavy atom. The molecule has 1 amide bonds. The van der Waals surface area contributed by atoms with Gasteiger partial charge in [0, 0.05) is 18.9 Å². The maximum Gasteiger partial charge on any atom is 0.243 e. The molecule has 0 fully saturated rings. The summed E-state index contributed by atoms with van der Waals surface area (Å²) in [6.07, 6.45) is 4.36. The number of sulfonamides is 1. The Balaban J connectivity index is 1.74. The second-order valence-corrected chi connectivity index (χ2v) is 8.58. The highest BCUT2D eigenvalue weighted by atomic mass is 32.2. The molecule has 0 aliphatic carbocycles. The average molecular weight is 426 g/mol. The number of aromatic nitrogens is 1. The van der Waals surface area contributed by atoms with Crippen molar-refractivity contribution in [2.45, 2.75) is 19.5 Å². The van der Waals surface area contributed by atoms with Gasteiger partial charge in [-0.2, -0.15) is 0 Å². The van der Waals surface area contributed by atoms with Crippen LogP contribution in [0.15, 0.2) is 79.1 Å². The number of nitrogens with one attached hydrogen (secondary N) is 1. The number of rotatable bonds is 8. The lowest BCUT2D eigenvalue weighted by molar-refractivity contribution is -0.122. The number of pyridine rings is 1. The van der Waals surface area contributed by atoms with Crippen molar-refractivity contribution in [2.75, 3.05) is 10.6 Å². The summed E-state index contributed by atoms with van der Waals surface area (Å²) in [5.41, 5.74) is 1.20. The molecule has 0 radical (unpaired) electrons. The van der Waals surface area contributed by atoms with Crippen LogP contribution in [-0.4, -0.2) is 31.6 Å². The highest BCUT2D eigenvalue weighted by Gasteiger charge is 2.29. The van der Waals surface area contributed by atoms with Gasteiger partial charge in [-0.25, -0.2) is 8.42 Å². The zero-order valence-electron chi connectivity index (χ0n) is 16.7. The number of benzene rings is 2. The highest BCUT2D eigenvalue weighted by molar-refractivity contribution is 7.92. The first-order chi connectivity index (χ1) is 14.3. The molecule has 1 N–H and O–H groups in total. The van der Waals surface area contributed by atoms with Gasteiger partial charge in [0.15, 0.2) is 0 Å². The van der Waals surface area contributed by atoms with E-state index >= 15 is 0 Å². The Morgan fingerprint density at radius 3 is 2.30 bits per heavy atom. The fraction of sp³-hybridized carbons (Fsp3) is 0.182. The third kappa shape index (κ3) is 5.57. The van der Waals surface area contributed by atoms with Gasteiger partial charge >= 0.3 is 0 Å². The Morgan fingerprint density at radius 2 is 1.70 bits per heavy atom. The summed E-state index contributed by atoms with van der Waals surface area (Å²) >= 11 is 0. The van der Waals surface area contributed by atoms with Gasteiger partial charge in [-0.15, -0.1) is 0 Å². The number of hydrogen-bond donors (Lipinski definition) is 1. The van der Waals surface area contributed by atoms with E-state index in [1.54, 1.807) is 49.6 Å². The van der Waals surface area contributed by atoms with Crippen molar-refractivity contribution in [3.05, 3.63) is 84.7 Å². The van der Waals surface area contributed by atoms with Gasteiger partial charge in [-0.05, 0) is 55.0 Å². The van der Waals surface area contributed by atoms with Crippen LogP contribution in [0.4, 0.5) is 5.69 Å². The number of ether oxygens (including phenoxy) is 1. The molecule has 7 nitrogen and oxygen atoms in total. The molecule has 0 saturated carbocycles. The fourth-order valence-corrected chi connectivity index (χ4v) is 4.11. The van der Waals surface area contributed by atoms with Crippen LogP contribution in [0.1, 0.15) is 12.5 Å². The van der Waals surface area contributed by atoms with Crippen LogP contribution in [0.2, 0.25) is 0 Å². The standard InChI is InChI=1S/C22H23N3O4S/c1-17(22(26)24-16-18-7-6-14-23-15-18)25(30(2,27)28)19-10-12-21(13-11-19)29-20-8-4-3-5-9-20/h3-15,17H,16H2,1-2H3,(H,24,26)/t17-/m1/s1. The van der Waals surface area contributed by atoms with Crippen LogP contribution in [0, 0.1) is 0 Å². The third-order valence-electron chi connectivity index (χ3n) is 4.35. The summed E-state index contributed by atoms with van der Waals surface area (Å²) in [5, 5.41) is 2.76. The van der Waals surface area contributed by atoms with E-state index in [2.05, 4.69) is 10.3 Å². The molecule has 0 spiro atoms. The van der Waals surface area contributed by atoms with Crippen molar-refractivity contribution in [2.24, 2.45) is 0 Å². The number of para-hydroxylation sites is 1. The number of amides is 1. The Kier molecular flexibility index (Phi) is 6.68. The zero-order valence-corrected chi connectivity index (χ0v) is 17.5. The van der Waals surface area contributed by atoms with Crippen LogP contribution in [-0.2, 0) is 21.4 Å². The van der Waals surface area contributed by atoms with E-state index in [9.17, 15) is 13.2 Å². The zero-order chi connectivity index (χ0) is 21.6. The van der Waals surface area contributed by atoms with E-state index in [0.29, 0.717) is 17.2 Å². The first kappa shape index (κ1) is 21.3. The maximum atomic E-state index is 12.6. The SMILES string of the molecule is C[C@H](C(=O)NCc1cccnc1)N(c1ccc(Oc2ccccc2)cc1)S(C)(=O)=O. The molecule has 1 atom stereocenters. The summed E-state index contributed by atoms with van der Waals surface area (Å²) in [4.78, 5) is 16.6. The Bertz CT molecular complexity index is 1070. The van der Waals surface area contributed by atoms with Crippen LogP contribution in [0.25, 0.3) is 0 Å². The number of carbonyl (C=O) groups is 1. The van der Waals surface area contributed by atoms with Crippen molar-refractivity contribution in [1.82, 2.24) is 10.3 Å². The highest BCUT2D eigenvalue weighted by Crippen LogP contribution is 2.26. The number of carbonyl (C=O) groups excluding carboxylic acids is 1. The molecule has 156 valence electrons. The van der Waals surface area contributed by atoms with E-state index in [1.807, 2.05) is 36.4 Å². The lowest BCUT2D eigenvalue weighted by Gasteiger charge is -2.28. The smallest absolute Gasteiger partial charge is 0.243 e. The van der Waals surface area contributed by atoms with Crippen LogP contribution in [0.5, 0.6) is 11.5 Å². The molecule has 2 aromatic carbocycles. The Hall–Kier alpha value is -3.39. The van der Waals surface area contributed by atoms with Crippen LogP contribution < -0.4 is 14.4 Å². The Labute approximate surface area is 176 Å². The minimum atomic E-state index is -3.70. The van der Waals surface area contributed by atoms with Crippen molar-refractivity contribution < 1.29 is 17.9 Å². The average Bonchev–Trinajstić information content (AvgIpc) is 2.74. The predicted octanol–water partition coefficient (Wildman–Crippen LogP) is 3.34. The lowest BCUT2D eigenvalue weighted by Crippen LogP contribution is -2.47. The normalized spacial score (nSPS) is 12.1. The molecule has 0 aliphatic heterocycles. The van der Waals surface area contributed by atoms with Gasteiger partial charge < -0.3 is 10.1 Å². The number of anilines is 1. The summed E-state index contributed by atoms with van der Waals surface area (Å²) in [6.45, 7) is 1.81. The first-order valence-electron chi connectivity index (χ1n) is 9.33. The topological polar surface area (TPSA) is 88.6 Å². The first-order valence-corrected chi connectivity index (χ1v) is 11.2. The lowest BCUT2D eigenvalue weighted by atomic mass is 10.2. The minimum absolute atomic E-state index is 0.262. The van der Waals surface area contributed by atoms with Gasteiger partial charge in [0.2, 0.25) is 15.9 Å². The van der Waals surface area contributed by atoms with Crippen molar-refractivity contribution in [3.63, 3.8) is 0 Å². The summed E-state index contributed by atoms with van der Waals surface area (Å²) in [5.74, 6) is 0.828. The van der Waals surface area contributed by atoms with Crippen LogP contribution in [0.3, 0.4) is 0 Å². The summed E-state index contributed by atoms with van der Waals surface area (Å²) in [7, 11) is -3.70. The summed E-state index contributed by atoms with van der Waals surface area (Å²) in [6, 6.07) is 18.5. The molecular weight excluding hydrogens is 402 g/mol. The van der Waals surface area contributed by atoms with Gasteiger partial charge in [-0.3, -0.25) is 14.1 Å². The monoisotopic (exact) mass is 425 g/mol. The van der Waals surface area contributed by atoms with Gasteiger partial charge in [-0.1, -0.05) is 24.3 Å². The predicted molar refractivity (Wildman–Crippen MR) is 116 cm³/mol. The number of hydrogen-bond acceptors (Lipinski definition) is 5. The second kappa shape index (κ2) is 9.41. The van der Waals surface area contributed by atoms with Gasteiger partial charge in [0.25, 0.3) is 0 Å². The van der Waals surface area contributed by atoms with Crippen molar-refractivity contribution in [3.8, 4) is 11.5 Å². The molecule has 0 aliphatic rings. The van der Waals surface area contributed by atoms with Gasteiger partial charge in [0.1, 0.15) is 17.5 Å². The molecule has 1 aromatic heterocycles. The largest absolute Gasteiger partial charge is 0.457 e. The van der Waals surface area contributed by atoms with E-state index < -0.39 is 22.0 Å². The third-order valence-corrected chi connectivity index (χ3v) is 5.59. The number of nitrogens with zero attached hydrogens (tertiary/aromatic N) is 2. The molecule has 3 aromatic rings. The minimum Gasteiger partial charge on any atom is -0.457 e. The molecular formula is C22H23N3O4S. The quantitative estimate of drug-likeness (QED) is 0.598. The van der Waals surface area contributed by atoms with E-state index in [1.165, 1.54) is 0 Å². The maximum absolute atomic E-state index is 12.6. The van der Waals surface area contributed by atoms with Crippen molar-refractivity contribution >= 4 is 21.6 Å². The van der Waals surface area contributed by atoms with E-state index in [0.717, 1.165) is 16.1 Å². The van der Waals surface area contributed by atoms with Crippen LogP contribution >= 0.6 is 0 Å². The molecule has 30 heavy (non-hydrogen) atoms. The molecule has 8 heteroatoms. The summed E-state index contributed by atoms with van der Waals surface area (Å²) < 4.78 is 31.7. The van der Waals surface area contributed by atoms with Gasteiger partial charge in [0.05, 0.1) is 11.9 Å². The van der Waals surface area contributed by atoms with E-state index in [4.69, 9.17) is 4.74 Å².